The van der Waals surface area contributed by atoms with E-state index in [0.29, 0.717) is 0 Å². The van der Waals surface area contributed by atoms with Crippen LogP contribution in [0.5, 0.6) is 0 Å². The minimum Gasteiger partial charge on any atom is -0.0612 e. The molecule has 4 aromatic rings. The number of aryl methyl sites for hydroxylation is 1. The third kappa shape index (κ3) is 1.67. The standard InChI is InChI=1S/C19H15S/c1-14-7-6-8-15(13-14)20-18-11-4-2-9-16(18)17-10-3-5-12-19(17)20/h2-13H,1H3/q+1. The predicted molar refractivity (Wildman–Crippen MR) is 90.0 cm³/mol. The maximum atomic E-state index is 2.32. The van der Waals surface area contributed by atoms with Crippen LogP contribution in [0.2, 0.25) is 0 Å². The van der Waals surface area contributed by atoms with E-state index in [1.54, 1.807) is 0 Å². The first kappa shape index (κ1) is 11.7. The Morgan fingerprint density at radius 2 is 1.25 bits per heavy atom. The summed E-state index contributed by atoms with van der Waals surface area (Å²) in [5.74, 6) is 0. The van der Waals surface area contributed by atoms with E-state index in [-0.39, 0.29) is 10.5 Å². The van der Waals surface area contributed by atoms with Gasteiger partial charge in [-0.2, -0.15) is 0 Å². The first-order valence-electron chi connectivity index (χ1n) is 6.84. The van der Waals surface area contributed by atoms with E-state index < -0.39 is 0 Å². The van der Waals surface area contributed by atoms with Crippen LogP contribution in [0.25, 0.3) is 25.1 Å². The van der Waals surface area contributed by atoms with Gasteiger partial charge >= 0.3 is 0 Å². The molecule has 0 aliphatic carbocycles. The topological polar surface area (TPSA) is 0 Å². The van der Waals surface area contributed by atoms with Gasteiger partial charge in [-0.3, -0.25) is 0 Å². The molecule has 0 atom stereocenters. The van der Waals surface area contributed by atoms with Gasteiger partial charge in [-0.25, -0.2) is 0 Å². The van der Waals surface area contributed by atoms with Crippen LogP contribution in [-0.2, 0) is 0 Å². The summed E-state index contributed by atoms with van der Waals surface area (Å²) in [6, 6.07) is 26.5. The van der Waals surface area contributed by atoms with E-state index in [0.717, 1.165) is 0 Å². The number of hydrogen-bond donors (Lipinski definition) is 0. The molecule has 0 amide bonds. The summed E-state index contributed by atoms with van der Waals surface area (Å²) < 4.78 is 2.92. The quantitative estimate of drug-likeness (QED) is 0.371. The Kier molecular flexibility index (Phi) is 2.61. The van der Waals surface area contributed by atoms with Crippen molar-refractivity contribution in [2.45, 2.75) is 6.92 Å². The lowest BCUT2D eigenvalue weighted by Gasteiger charge is -1.95. The molecule has 3 aromatic carbocycles. The lowest BCUT2D eigenvalue weighted by atomic mass is 10.2. The van der Waals surface area contributed by atoms with Gasteiger partial charge < -0.3 is 0 Å². The minimum atomic E-state index is 0.0492. The van der Waals surface area contributed by atoms with E-state index >= 15 is 0 Å². The molecule has 0 bridgehead atoms. The highest BCUT2D eigenvalue weighted by atomic mass is 32.2. The van der Waals surface area contributed by atoms with Gasteiger partial charge in [0.15, 0.2) is 14.3 Å². The average molecular weight is 275 g/mol. The fourth-order valence-corrected chi connectivity index (χ4v) is 5.34. The van der Waals surface area contributed by atoms with Crippen molar-refractivity contribution in [3.05, 3.63) is 78.4 Å². The second kappa shape index (κ2) is 4.46. The van der Waals surface area contributed by atoms with Crippen LogP contribution in [0.1, 0.15) is 5.56 Å². The molecule has 1 aromatic heterocycles. The van der Waals surface area contributed by atoms with Crippen molar-refractivity contribution in [3.63, 3.8) is 0 Å². The van der Waals surface area contributed by atoms with Crippen molar-refractivity contribution >= 4 is 30.6 Å². The Balaban J connectivity index is 2.21. The summed E-state index contributed by atoms with van der Waals surface area (Å²) in [5, 5.41) is 2.79. The molecule has 0 nitrogen and oxygen atoms in total. The lowest BCUT2D eigenvalue weighted by Crippen LogP contribution is -1.73. The van der Waals surface area contributed by atoms with Crippen LogP contribution in [0.3, 0.4) is 0 Å². The van der Waals surface area contributed by atoms with Gasteiger partial charge in [0, 0.05) is 27.3 Å². The van der Waals surface area contributed by atoms with Crippen molar-refractivity contribution in [1.82, 2.24) is 0 Å². The predicted octanol–water partition coefficient (Wildman–Crippen LogP) is 6.04. The molecule has 0 fully saturated rings. The van der Waals surface area contributed by atoms with Crippen molar-refractivity contribution in [3.8, 4) is 4.90 Å². The molecule has 0 aliphatic heterocycles. The highest BCUT2D eigenvalue weighted by Crippen LogP contribution is 2.48. The highest BCUT2D eigenvalue weighted by molar-refractivity contribution is 7.50. The number of rotatable bonds is 1. The van der Waals surface area contributed by atoms with E-state index in [9.17, 15) is 0 Å². The summed E-state index contributed by atoms with van der Waals surface area (Å²) in [6.45, 7) is 2.17. The molecular weight excluding hydrogens is 260 g/mol. The first-order chi connectivity index (χ1) is 9.84. The normalized spacial score (nSPS) is 11.2. The van der Waals surface area contributed by atoms with Crippen molar-refractivity contribution in [1.29, 1.82) is 0 Å². The Labute approximate surface area is 121 Å². The van der Waals surface area contributed by atoms with Crippen LogP contribution in [-0.4, -0.2) is 0 Å². The largest absolute Gasteiger partial charge is 0.187 e. The third-order valence-electron chi connectivity index (χ3n) is 3.73. The fraction of sp³-hybridized carbons (Fsp3) is 0.0526. The maximum absolute atomic E-state index is 2.32. The first-order valence-corrected chi connectivity index (χ1v) is 8.06. The van der Waals surface area contributed by atoms with Gasteiger partial charge in [0.2, 0.25) is 0 Å². The van der Waals surface area contributed by atoms with Crippen LogP contribution >= 0.6 is 10.5 Å². The molecule has 0 N–H and O–H groups in total. The SMILES string of the molecule is Cc1cccc(-[s+]2c3ccccc3c3ccccc32)c1. The van der Waals surface area contributed by atoms with Crippen LogP contribution in [0.4, 0.5) is 0 Å². The van der Waals surface area contributed by atoms with Crippen molar-refractivity contribution in [2.24, 2.45) is 0 Å². The molecule has 96 valence electrons. The molecular formula is C19H15S+. The summed E-state index contributed by atoms with van der Waals surface area (Å²) >= 11 is 0. The Hall–Kier alpha value is -2.12. The van der Waals surface area contributed by atoms with Crippen LogP contribution in [0.15, 0.2) is 72.8 Å². The molecule has 0 saturated heterocycles. The highest BCUT2D eigenvalue weighted by Gasteiger charge is 2.22. The molecule has 0 radical (unpaired) electrons. The van der Waals surface area contributed by atoms with Gasteiger partial charge in [0.1, 0.15) is 0 Å². The van der Waals surface area contributed by atoms with Gasteiger partial charge in [-0.05, 0) is 42.8 Å². The smallest absolute Gasteiger partial charge is 0.0612 e. The Morgan fingerprint density at radius 1 is 0.650 bits per heavy atom. The molecule has 0 aliphatic rings. The number of hydrogen-bond acceptors (Lipinski definition) is 0. The van der Waals surface area contributed by atoms with Crippen molar-refractivity contribution < 1.29 is 0 Å². The van der Waals surface area contributed by atoms with Gasteiger partial charge in [-0.1, -0.05) is 36.4 Å². The summed E-state index contributed by atoms with van der Waals surface area (Å²) in [4.78, 5) is 1.42. The zero-order valence-electron chi connectivity index (χ0n) is 11.3. The maximum Gasteiger partial charge on any atom is 0.187 e. The number of fused-ring (bicyclic) bond motifs is 3. The Morgan fingerprint density at radius 3 is 1.85 bits per heavy atom. The average Bonchev–Trinajstić information content (AvgIpc) is 2.82. The van der Waals surface area contributed by atoms with Gasteiger partial charge in [0.05, 0.1) is 0 Å². The lowest BCUT2D eigenvalue weighted by molar-refractivity contribution is 1.49. The molecule has 0 unspecified atom stereocenters. The number of benzene rings is 3. The molecule has 4 rings (SSSR count). The summed E-state index contributed by atoms with van der Waals surface area (Å²) in [7, 11) is 0.0492. The van der Waals surface area contributed by atoms with E-state index in [1.807, 2.05) is 0 Å². The molecule has 20 heavy (non-hydrogen) atoms. The second-order valence-electron chi connectivity index (χ2n) is 5.12. The number of thiophene rings is 1. The molecule has 0 saturated carbocycles. The second-order valence-corrected chi connectivity index (χ2v) is 7.08. The van der Waals surface area contributed by atoms with Crippen molar-refractivity contribution in [2.75, 3.05) is 0 Å². The van der Waals surface area contributed by atoms with E-state index in [4.69, 9.17) is 0 Å². The minimum absolute atomic E-state index is 0.0492. The molecule has 0 spiro atoms. The van der Waals surface area contributed by atoms with Gasteiger partial charge in [0.25, 0.3) is 0 Å². The van der Waals surface area contributed by atoms with E-state index in [1.165, 1.54) is 30.6 Å². The van der Waals surface area contributed by atoms with Crippen LogP contribution in [0, 0.1) is 6.92 Å². The van der Waals surface area contributed by atoms with E-state index in [2.05, 4.69) is 79.7 Å². The Bertz CT molecular complexity index is 862. The molecule has 1 heteroatoms. The van der Waals surface area contributed by atoms with Gasteiger partial charge in [-0.15, -0.1) is 0 Å². The summed E-state index contributed by atoms with van der Waals surface area (Å²) in [5.41, 5.74) is 1.33. The summed E-state index contributed by atoms with van der Waals surface area (Å²) in [6.07, 6.45) is 0. The molecule has 1 heterocycles. The zero-order chi connectivity index (χ0) is 13.5. The van der Waals surface area contributed by atoms with Crippen LogP contribution < -0.4 is 0 Å². The third-order valence-corrected chi connectivity index (χ3v) is 6.05. The monoisotopic (exact) mass is 275 g/mol. The fourth-order valence-electron chi connectivity index (χ4n) is 2.85. The zero-order valence-corrected chi connectivity index (χ0v) is 12.2.